The number of nitrogens with zero attached hydrogens (tertiary/aromatic N) is 4. The van der Waals surface area contributed by atoms with Crippen molar-refractivity contribution in [3.05, 3.63) is 255 Å². The average Bonchev–Trinajstić information content (AvgIpc) is 3.43. The zero-order valence-electron chi connectivity index (χ0n) is 43.0. The number of para-hydroxylation sites is 7. The molecular weight excluding hydrogens is 974 g/mol. The van der Waals surface area contributed by atoms with E-state index in [0.717, 1.165) is 117 Å². The summed E-state index contributed by atoms with van der Waals surface area (Å²) in [7, 11) is 0. The first-order chi connectivity index (χ1) is 39.8. The topological polar surface area (TPSA) is 39.2 Å². The lowest BCUT2D eigenvalue weighted by Gasteiger charge is -2.54. The fourth-order valence-corrected chi connectivity index (χ4v) is 14.9. The van der Waals surface area contributed by atoms with E-state index in [9.17, 15) is 0 Å². The monoisotopic (exact) mass is 1020 g/mol. The Balaban J connectivity index is 1.05. The first-order valence-corrected chi connectivity index (χ1v) is 27.7. The lowest BCUT2D eigenvalue weighted by atomic mass is 9.28. The summed E-state index contributed by atoms with van der Waals surface area (Å²) in [5, 5.41) is 4.43. The maximum atomic E-state index is 7.18. The van der Waals surface area contributed by atoms with Gasteiger partial charge in [-0.05, 0) is 111 Å². The molecule has 5 aliphatic rings. The minimum Gasteiger partial charge on any atom is -0.455 e. The molecule has 8 heteroatoms. The maximum absolute atomic E-state index is 7.18. The fraction of sp³-hybridized carbons (Fsp3) is 0. The summed E-state index contributed by atoms with van der Waals surface area (Å²) < 4.78 is 14.4. The van der Waals surface area contributed by atoms with Crippen molar-refractivity contribution in [1.29, 1.82) is 0 Å². The van der Waals surface area contributed by atoms with Crippen LogP contribution in [0.1, 0.15) is 0 Å². The molecule has 80 heavy (non-hydrogen) atoms. The third-order valence-electron chi connectivity index (χ3n) is 17.8. The van der Waals surface area contributed by atoms with Gasteiger partial charge in [0.15, 0.2) is 0 Å². The first-order valence-electron chi connectivity index (χ1n) is 27.7. The summed E-state index contributed by atoms with van der Waals surface area (Å²) in [4.78, 5) is 10.4. The Morgan fingerprint density at radius 1 is 0.263 bits per heavy atom. The van der Waals surface area contributed by atoms with E-state index in [1.807, 2.05) is 0 Å². The zero-order valence-corrected chi connectivity index (χ0v) is 43.0. The molecule has 0 fully saturated rings. The van der Waals surface area contributed by atoms with Gasteiger partial charge in [-0.1, -0.05) is 188 Å². The number of furan rings is 2. The van der Waals surface area contributed by atoms with E-state index in [4.69, 9.17) is 8.83 Å². The summed E-state index contributed by atoms with van der Waals surface area (Å²) >= 11 is 0. The van der Waals surface area contributed by atoms with Gasteiger partial charge >= 0.3 is 0 Å². The molecule has 0 saturated carbocycles. The number of rotatable bonds is 5. The largest absolute Gasteiger partial charge is 0.455 e. The molecule has 14 aromatic rings. The van der Waals surface area contributed by atoms with Crippen LogP contribution in [-0.4, -0.2) is 13.4 Å². The maximum Gasteiger partial charge on any atom is 0.252 e. The van der Waals surface area contributed by atoms with Gasteiger partial charge in [0.1, 0.15) is 22.3 Å². The lowest BCUT2D eigenvalue weighted by molar-refractivity contribution is 0.669. The van der Waals surface area contributed by atoms with E-state index in [1.165, 1.54) is 49.8 Å². The van der Waals surface area contributed by atoms with Gasteiger partial charge in [0, 0.05) is 66.8 Å². The molecule has 0 radical (unpaired) electrons. The van der Waals surface area contributed by atoms with Gasteiger partial charge in [-0.2, -0.15) is 0 Å². The molecule has 19 rings (SSSR count). The van der Waals surface area contributed by atoms with Gasteiger partial charge < -0.3 is 28.4 Å². The minimum atomic E-state index is -0.191. The summed E-state index contributed by atoms with van der Waals surface area (Å²) in [6.07, 6.45) is 0. The molecule has 0 aliphatic carbocycles. The van der Waals surface area contributed by atoms with Gasteiger partial charge in [0.25, 0.3) is 13.4 Å². The van der Waals surface area contributed by atoms with Crippen LogP contribution in [0, 0.1) is 0 Å². The molecule has 0 amide bonds. The predicted octanol–water partition coefficient (Wildman–Crippen LogP) is 15.3. The second kappa shape index (κ2) is 15.6. The van der Waals surface area contributed by atoms with E-state index in [2.05, 4.69) is 274 Å². The van der Waals surface area contributed by atoms with Crippen LogP contribution in [0.15, 0.2) is 264 Å². The SMILES string of the molecule is c1ccc(-c2c3c(cc4c2oc2ccccc24)B2c4cccc5c4N4c6c(cccc6N5c5ccccc5)B5c6cc7c(oc8ccccc87)c(-c7ccccc7)c6N(c6ccccc6)c6cc(c2c4c65)N3c2ccccc2)cc1. The third kappa shape index (κ3) is 5.40. The first kappa shape index (κ1) is 42.7. The molecular formula is C72H42B2N4O2. The Morgan fingerprint density at radius 3 is 1.09 bits per heavy atom. The Morgan fingerprint density at radius 2 is 0.650 bits per heavy atom. The van der Waals surface area contributed by atoms with E-state index in [0.29, 0.717) is 0 Å². The molecule has 0 atom stereocenters. The molecule has 0 spiro atoms. The Bertz CT molecular complexity index is 4700. The summed E-state index contributed by atoms with van der Waals surface area (Å²) in [5.41, 5.74) is 29.2. The quantitative estimate of drug-likeness (QED) is 0.160. The molecule has 0 N–H and O–H groups in total. The highest BCUT2D eigenvalue weighted by atomic mass is 16.3. The molecule has 0 bridgehead atoms. The van der Waals surface area contributed by atoms with Crippen LogP contribution in [0.5, 0.6) is 0 Å². The molecule has 0 unspecified atom stereocenters. The molecule has 0 saturated heterocycles. The third-order valence-corrected chi connectivity index (χ3v) is 17.8. The number of hydrogen-bond acceptors (Lipinski definition) is 6. The second-order valence-corrected chi connectivity index (χ2v) is 21.8. The smallest absolute Gasteiger partial charge is 0.252 e. The highest BCUT2D eigenvalue weighted by Crippen LogP contribution is 2.60. The molecule has 12 aromatic carbocycles. The second-order valence-electron chi connectivity index (χ2n) is 21.8. The van der Waals surface area contributed by atoms with Crippen molar-refractivity contribution >= 4 is 158 Å². The van der Waals surface area contributed by atoms with Crippen molar-refractivity contribution in [2.24, 2.45) is 0 Å². The van der Waals surface area contributed by atoms with Crippen LogP contribution in [0.2, 0.25) is 0 Å². The highest BCUT2D eigenvalue weighted by molar-refractivity contribution is 7.05. The lowest BCUT2D eigenvalue weighted by Crippen LogP contribution is -2.69. The average molecular weight is 1020 g/mol. The van der Waals surface area contributed by atoms with Gasteiger partial charge in [-0.25, -0.2) is 0 Å². The molecule has 6 nitrogen and oxygen atoms in total. The van der Waals surface area contributed by atoms with Gasteiger partial charge in [0.05, 0.1) is 34.1 Å². The predicted molar refractivity (Wildman–Crippen MR) is 333 cm³/mol. The van der Waals surface area contributed by atoms with Crippen LogP contribution in [0.25, 0.3) is 66.1 Å². The number of anilines is 12. The highest BCUT2D eigenvalue weighted by Gasteiger charge is 2.55. The summed E-state index contributed by atoms with van der Waals surface area (Å²) in [6.45, 7) is -0.382. The zero-order chi connectivity index (χ0) is 51.9. The Kier molecular flexibility index (Phi) is 8.33. The van der Waals surface area contributed by atoms with E-state index >= 15 is 0 Å². The molecule has 368 valence electrons. The summed E-state index contributed by atoms with van der Waals surface area (Å²) in [6, 6.07) is 93.7. The van der Waals surface area contributed by atoms with Gasteiger partial charge in [-0.15, -0.1) is 0 Å². The summed E-state index contributed by atoms with van der Waals surface area (Å²) in [5.74, 6) is 0. The van der Waals surface area contributed by atoms with E-state index in [1.54, 1.807) is 0 Å². The number of fused-ring (bicyclic) bond motifs is 12. The Labute approximate surface area is 461 Å². The number of benzene rings is 12. The Hall–Kier alpha value is -10.4. The number of hydrogen-bond donors (Lipinski definition) is 0. The van der Waals surface area contributed by atoms with Gasteiger partial charge in [-0.3, -0.25) is 0 Å². The van der Waals surface area contributed by atoms with Crippen LogP contribution in [0.4, 0.5) is 68.2 Å². The van der Waals surface area contributed by atoms with Crippen LogP contribution < -0.4 is 52.4 Å². The fourth-order valence-electron chi connectivity index (χ4n) is 14.9. The van der Waals surface area contributed by atoms with Gasteiger partial charge in [0.2, 0.25) is 0 Å². The van der Waals surface area contributed by atoms with Crippen molar-refractivity contribution in [2.75, 3.05) is 19.6 Å². The van der Waals surface area contributed by atoms with Crippen molar-refractivity contribution in [1.82, 2.24) is 0 Å². The van der Waals surface area contributed by atoms with Crippen molar-refractivity contribution in [2.45, 2.75) is 0 Å². The molecule has 5 aliphatic heterocycles. The standard InChI is InChI=1S/C72H42B2N4O2/c1-6-22-43(23-7-1)62-68-54(40-50-48-32-16-18-38-60(48)79-71(50)62)73-52-34-20-36-56-66(52)78-67-53(35-21-37-57(67)75(56)45-26-10-3-11-27-45)74-55-41-51-49-33-17-19-39-61(49)80-72(51)63(44-24-8-2-9-25-44)69(55)77(47-30-14-5-15-31-47)59-42-58(64(73)70(78)65(59)74)76(68)46-28-12-4-13-29-46/h1-42H. The van der Waals surface area contributed by atoms with Crippen LogP contribution in [0.3, 0.4) is 0 Å². The van der Waals surface area contributed by atoms with Crippen molar-refractivity contribution in [3.8, 4) is 22.3 Å². The van der Waals surface area contributed by atoms with Crippen LogP contribution >= 0.6 is 0 Å². The van der Waals surface area contributed by atoms with E-state index < -0.39 is 0 Å². The van der Waals surface area contributed by atoms with Crippen molar-refractivity contribution in [3.63, 3.8) is 0 Å². The van der Waals surface area contributed by atoms with Crippen LogP contribution in [-0.2, 0) is 0 Å². The van der Waals surface area contributed by atoms with E-state index in [-0.39, 0.29) is 13.4 Å². The normalized spacial score (nSPS) is 13.8. The minimum absolute atomic E-state index is 0.191. The molecule has 7 heterocycles. The van der Waals surface area contributed by atoms with Crippen molar-refractivity contribution < 1.29 is 8.83 Å². The molecule has 2 aromatic heterocycles.